The predicted octanol–water partition coefficient (Wildman–Crippen LogP) is 10.3. The van der Waals surface area contributed by atoms with Gasteiger partial charge in [-0.3, -0.25) is 0 Å². The SMILES string of the molecule is C=C(C)C(=O)OCCCCCCOc1ccc2cc(C(=O)Oc3ccc(OC(=O)c4ccc5cc(OCCCCCCOC(=O)C(=C)C)ccc5c4)c(O)c3)ccc2c1. The van der Waals surface area contributed by atoms with Crippen LogP contribution in [0.5, 0.6) is 28.7 Å². The Bertz CT molecular complexity index is 2310. The minimum Gasteiger partial charge on any atom is -0.504 e. The Morgan fingerprint density at radius 2 is 0.881 bits per heavy atom. The zero-order valence-corrected chi connectivity index (χ0v) is 33.6. The van der Waals surface area contributed by atoms with Crippen molar-refractivity contribution < 1.29 is 52.7 Å². The fourth-order valence-corrected chi connectivity index (χ4v) is 5.92. The zero-order chi connectivity index (χ0) is 42.1. The lowest BCUT2D eigenvalue weighted by Crippen LogP contribution is -2.10. The standard InChI is InChI=1S/C48H50O11/c1-32(2)45(50)56-25-11-7-5-9-23-54-40-19-17-34-27-38(15-13-36(34)29-40)47(52)58-42-21-22-44(43(49)31-42)59-48(53)39-16-14-37-30-41(20-18-35(37)28-39)55-24-10-6-8-12-26-57-46(51)33(3)4/h13-22,27-31,49H,1,3,5-12,23-26H2,2,4H3. The highest BCUT2D eigenvalue weighted by Crippen LogP contribution is 2.32. The first-order chi connectivity index (χ1) is 28.5. The quantitative estimate of drug-likeness (QED) is 0.0309. The molecule has 0 saturated carbocycles. The van der Waals surface area contributed by atoms with Gasteiger partial charge in [0.15, 0.2) is 11.5 Å². The van der Waals surface area contributed by atoms with Crippen LogP contribution in [0.2, 0.25) is 0 Å². The summed E-state index contributed by atoms with van der Waals surface area (Å²) in [4.78, 5) is 48.9. The lowest BCUT2D eigenvalue weighted by atomic mass is 10.1. The molecule has 59 heavy (non-hydrogen) atoms. The molecule has 0 aromatic heterocycles. The van der Waals surface area contributed by atoms with Crippen LogP contribution in [-0.2, 0) is 19.1 Å². The second-order valence-corrected chi connectivity index (χ2v) is 14.2. The van der Waals surface area contributed by atoms with E-state index in [1.807, 2.05) is 42.5 Å². The van der Waals surface area contributed by atoms with Crippen molar-refractivity contribution in [1.29, 1.82) is 0 Å². The van der Waals surface area contributed by atoms with Gasteiger partial charge in [0.25, 0.3) is 0 Å². The average molecular weight is 803 g/mol. The minimum absolute atomic E-state index is 0.0781. The fraction of sp³-hybridized carbons (Fsp3) is 0.292. The lowest BCUT2D eigenvalue weighted by molar-refractivity contribution is -0.139. The Morgan fingerprint density at radius 1 is 0.475 bits per heavy atom. The van der Waals surface area contributed by atoms with Gasteiger partial charge in [-0.1, -0.05) is 37.4 Å². The van der Waals surface area contributed by atoms with Crippen molar-refractivity contribution in [2.24, 2.45) is 0 Å². The number of phenolic OH excluding ortho intramolecular Hbond substituents is 1. The van der Waals surface area contributed by atoms with E-state index in [2.05, 4.69) is 13.2 Å². The Balaban J connectivity index is 1.05. The second kappa shape index (κ2) is 21.8. The van der Waals surface area contributed by atoms with Crippen molar-refractivity contribution in [3.05, 3.63) is 126 Å². The number of benzene rings is 5. The smallest absolute Gasteiger partial charge is 0.343 e. The van der Waals surface area contributed by atoms with Gasteiger partial charge in [-0.05, 0) is 147 Å². The van der Waals surface area contributed by atoms with Gasteiger partial charge in [-0.2, -0.15) is 0 Å². The minimum atomic E-state index is -0.665. The summed E-state index contributed by atoms with van der Waals surface area (Å²) in [6, 6.07) is 25.6. The van der Waals surface area contributed by atoms with Crippen molar-refractivity contribution >= 4 is 45.4 Å². The number of ether oxygens (including phenoxy) is 6. The zero-order valence-electron chi connectivity index (χ0n) is 33.6. The Hall–Kier alpha value is -6.62. The first kappa shape index (κ1) is 43.5. The first-order valence-corrected chi connectivity index (χ1v) is 19.7. The van der Waals surface area contributed by atoms with E-state index in [0.717, 1.165) is 78.7 Å². The summed E-state index contributed by atoms with van der Waals surface area (Å²) in [5, 5.41) is 14.1. The molecule has 0 amide bonds. The Labute approximate surface area is 344 Å². The van der Waals surface area contributed by atoms with Crippen molar-refractivity contribution in [3.63, 3.8) is 0 Å². The molecule has 5 aromatic rings. The van der Waals surface area contributed by atoms with Crippen LogP contribution in [0, 0.1) is 0 Å². The summed E-state index contributed by atoms with van der Waals surface area (Å²) in [6.07, 6.45) is 7.05. The summed E-state index contributed by atoms with van der Waals surface area (Å²) in [7, 11) is 0. The average Bonchev–Trinajstić information content (AvgIpc) is 3.22. The topological polar surface area (TPSA) is 144 Å². The highest BCUT2D eigenvalue weighted by Gasteiger charge is 2.16. The van der Waals surface area contributed by atoms with E-state index in [1.54, 1.807) is 44.2 Å². The van der Waals surface area contributed by atoms with Gasteiger partial charge in [0, 0.05) is 17.2 Å². The molecule has 0 aliphatic rings. The molecule has 5 aromatic carbocycles. The van der Waals surface area contributed by atoms with Gasteiger partial charge in [-0.25, -0.2) is 19.2 Å². The van der Waals surface area contributed by atoms with E-state index in [9.17, 15) is 24.3 Å². The number of fused-ring (bicyclic) bond motifs is 2. The highest BCUT2D eigenvalue weighted by atomic mass is 16.6. The molecular formula is C48H50O11. The number of aromatic hydroxyl groups is 1. The van der Waals surface area contributed by atoms with E-state index < -0.39 is 11.9 Å². The molecule has 11 nitrogen and oxygen atoms in total. The van der Waals surface area contributed by atoms with Gasteiger partial charge in [-0.15, -0.1) is 0 Å². The molecule has 5 rings (SSSR count). The lowest BCUT2D eigenvalue weighted by Gasteiger charge is -2.11. The van der Waals surface area contributed by atoms with Crippen molar-refractivity contribution in [3.8, 4) is 28.7 Å². The number of phenols is 1. The number of hydrogen-bond acceptors (Lipinski definition) is 11. The van der Waals surface area contributed by atoms with E-state index in [4.69, 9.17) is 28.4 Å². The molecular weight excluding hydrogens is 753 g/mol. The maximum atomic E-state index is 13.0. The number of carbonyl (C=O) groups excluding carboxylic acids is 4. The molecule has 0 aliphatic heterocycles. The molecule has 0 heterocycles. The Kier molecular flexibility index (Phi) is 16.1. The third-order valence-corrected chi connectivity index (χ3v) is 9.22. The molecule has 0 unspecified atom stereocenters. The maximum absolute atomic E-state index is 13.0. The van der Waals surface area contributed by atoms with Crippen LogP contribution >= 0.6 is 0 Å². The highest BCUT2D eigenvalue weighted by molar-refractivity contribution is 5.98. The van der Waals surface area contributed by atoms with Crippen molar-refractivity contribution in [2.45, 2.75) is 65.2 Å². The summed E-state index contributed by atoms with van der Waals surface area (Å²) >= 11 is 0. The summed E-state index contributed by atoms with van der Waals surface area (Å²) < 4.78 is 33.0. The number of rotatable bonds is 22. The maximum Gasteiger partial charge on any atom is 0.343 e. The second-order valence-electron chi connectivity index (χ2n) is 14.2. The van der Waals surface area contributed by atoms with Crippen molar-refractivity contribution in [1.82, 2.24) is 0 Å². The molecule has 11 heteroatoms. The molecule has 0 fully saturated rings. The number of carbonyl (C=O) groups is 4. The van der Waals surface area contributed by atoms with Crippen LogP contribution in [0.15, 0.2) is 115 Å². The van der Waals surface area contributed by atoms with Gasteiger partial charge in [0.05, 0.1) is 37.6 Å². The molecule has 0 bridgehead atoms. The van der Waals surface area contributed by atoms with Gasteiger partial charge >= 0.3 is 23.9 Å². The summed E-state index contributed by atoms with van der Waals surface area (Å²) in [5.74, 6) is -0.946. The molecule has 0 aliphatic carbocycles. The predicted molar refractivity (Wildman–Crippen MR) is 225 cm³/mol. The molecule has 0 radical (unpaired) electrons. The van der Waals surface area contributed by atoms with E-state index >= 15 is 0 Å². The van der Waals surface area contributed by atoms with Crippen LogP contribution in [0.4, 0.5) is 0 Å². The monoisotopic (exact) mass is 802 g/mol. The molecule has 0 spiro atoms. The van der Waals surface area contributed by atoms with Crippen molar-refractivity contribution in [2.75, 3.05) is 26.4 Å². The Morgan fingerprint density at radius 3 is 1.34 bits per heavy atom. The fourth-order valence-electron chi connectivity index (χ4n) is 5.92. The van der Waals surface area contributed by atoms with Crippen LogP contribution in [0.1, 0.15) is 85.9 Å². The summed E-state index contributed by atoms with van der Waals surface area (Å²) in [5.41, 5.74) is 1.40. The first-order valence-electron chi connectivity index (χ1n) is 19.7. The summed E-state index contributed by atoms with van der Waals surface area (Å²) in [6.45, 7) is 12.3. The molecule has 1 N–H and O–H groups in total. The van der Waals surface area contributed by atoms with Crippen LogP contribution in [0.3, 0.4) is 0 Å². The number of esters is 4. The third-order valence-electron chi connectivity index (χ3n) is 9.22. The number of hydrogen-bond donors (Lipinski definition) is 1. The number of unbranched alkanes of at least 4 members (excludes halogenated alkanes) is 6. The van der Waals surface area contributed by atoms with Crippen LogP contribution in [0.25, 0.3) is 21.5 Å². The van der Waals surface area contributed by atoms with Crippen LogP contribution in [-0.4, -0.2) is 55.4 Å². The van der Waals surface area contributed by atoms with Gasteiger partial charge in [0.2, 0.25) is 0 Å². The molecule has 0 atom stereocenters. The molecule has 308 valence electrons. The molecule has 0 saturated heterocycles. The van der Waals surface area contributed by atoms with E-state index in [1.165, 1.54) is 18.2 Å². The van der Waals surface area contributed by atoms with E-state index in [-0.39, 0.29) is 34.8 Å². The normalized spacial score (nSPS) is 10.8. The van der Waals surface area contributed by atoms with Gasteiger partial charge < -0.3 is 33.5 Å². The van der Waals surface area contributed by atoms with Crippen LogP contribution < -0.4 is 18.9 Å². The van der Waals surface area contributed by atoms with E-state index in [0.29, 0.717) is 48.9 Å². The third kappa shape index (κ3) is 13.5. The largest absolute Gasteiger partial charge is 0.504 e. The van der Waals surface area contributed by atoms with Gasteiger partial charge in [0.1, 0.15) is 17.2 Å².